The molecule has 0 radical (unpaired) electrons. The van der Waals surface area contributed by atoms with Crippen LogP contribution in [0.15, 0.2) is 18.2 Å². The van der Waals surface area contributed by atoms with Crippen LogP contribution in [0.3, 0.4) is 0 Å². The van der Waals surface area contributed by atoms with E-state index in [9.17, 15) is 4.79 Å². The van der Waals surface area contributed by atoms with E-state index < -0.39 is 0 Å². The highest BCUT2D eigenvalue weighted by atomic mass is 16.5. The molecule has 1 heterocycles. The van der Waals surface area contributed by atoms with Gasteiger partial charge in [0.1, 0.15) is 6.61 Å². The molecule has 2 N–H and O–H groups in total. The van der Waals surface area contributed by atoms with Gasteiger partial charge in [0.15, 0.2) is 0 Å². The lowest BCUT2D eigenvalue weighted by Crippen LogP contribution is -2.39. The van der Waals surface area contributed by atoms with Gasteiger partial charge in [-0.3, -0.25) is 9.89 Å². The number of anilines is 1. The highest BCUT2D eigenvalue weighted by Crippen LogP contribution is 2.34. The third-order valence-electron chi connectivity index (χ3n) is 3.99. The molecule has 0 saturated heterocycles. The summed E-state index contributed by atoms with van der Waals surface area (Å²) in [6, 6.07) is 5.67. The van der Waals surface area contributed by atoms with E-state index in [1.54, 1.807) is 0 Å². The molecule has 0 unspecified atom stereocenters. The molecule has 1 amide bonds. The lowest BCUT2D eigenvalue weighted by Gasteiger charge is -2.37. The molecule has 0 spiro atoms. The third-order valence-corrected chi connectivity index (χ3v) is 3.99. The van der Waals surface area contributed by atoms with Gasteiger partial charge in [-0.2, -0.15) is 5.10 Å². The zero-order chi connectivity index (χ0) is 14.2. The van der Waals surface area contributed by atoms with Gasteiger partial charge in [0.2, 0.25) is 5.91 Å². The van der Waals surface area contributed by atoms with Crippen LogP contribution in [0.4, 0.5) is 5.69 Å². The van der Waals surface area contributed by atoms with Gasteiger partial charge in [0.25, 0.3) is 0 Å². The molecule has 0 aliphatic heterocycles. The van der Waals surface area contributed by atoms with Crippen LogP contribution in [0.5, 0.6) is 0 Å². The number of carbonyl (C=O) groups excluding carboxylic acids is 1. The molecular weight excluding hydrogens is 254 g/mol. The van der Waals surface area contributed by atoms with E-state index in [0.717, 1.165) is 35.1 Å². The summed E-state index contributed by atoms with van der Waals surface area (Å²) < 4.78 is 5.67. The second kappa shape index (κ2) is 4.90. The van der Waals surface area contributed by atoms with Crippen LogP contribution in [0, 0.1) is 6.92 Å². The summed E-state index contributed by atoms with van der Waals surface area (Å²) in [5, 5.41) is 11.0. The first-order valence-electron chi connectivity index (χ1n) is 6.94. The summed E-state index contributed by atoms with van der Waals surface area (Å²) >= 11 is 0. The lowest BCUT2D eigenvalue weighted by molar-refractivity contribution is -0.134. The topological polar surface area (TPSA) is 67.0 Å². The number of nitrogens with zero attached hydrogens (tertiary/aromatic N) is 1. The number of H-pyrrole nitrogens is 1. The van der Waals surface area contributed by atoms with Gasteiger partial charge in [-0.1, -0.05) is 0 Å². The number of aryl methyl sites for hydroxylation is 1. The number of hydrogen-bond acceptors (Lipinski definition) is 3. The first-order chi connectivity index (χ1) is 9.56. The van der Waals surface area contributed by atoms with E-state index in [0.29, 0.717) is 0 Å². The van der Waals surface area contributed by atoms with E-state index in [1.807, 2.05) is 25.1 Å². The number of hydrogen-bond donors (Lipinski definition) is 2. The monoisotopic (exact) mass is 273 g/mol. The minimum Gasteiger partial charge on any atom is -0.365 e. The van der Waals surface area contributed by atoms with E-state index >= 15 is 0 Å². The molecule has 1 aromatic heterocycles. The predicted molar refractivity (Wildman–Crippen MR) is 77.7 cm³/mol. The van der Waals surface area contributed by atoms with E-state index in [4.69, 9.17) is 4.74 Å². The number of carbonyl (C=O) groups is 1. The zero-order valence-electron chi connectivity index (χ0n) is 11.8. The van der Waals surface area contributed by atoms with Gasteiger partial charge in [0, 0.05) is 16.8 Å². The fourth-order valence-electron chi connectivity index (χ4n) is 2.47. The standard InChI is InChI=1S/C15H19N3O2/c1-10-12-8-11(4-5-13(12)18-17-10)16-14(19)9-20-15(2)6-3-7-15/h4-5,8H,3,6-7,9H2,1-2H3,(H,16,19)(H,17,18). The first kappa shape index (κ1) is 13.1. The Balaban J connectivity index is 1.63. The van der Waals surface area contributed by atoms with Crippen molar-refractivity contribution in [3.05, 3.63) is 23.9 Å². The number of amides is 1. The van der Waals surface area contributed by atoms with Crippen LogP contribution in [0.25, 0.3) is 10.9 Å². The summed E-state index contributed by atoms with van der Waals surface area (Å²) in [5.74, 6) is -0.112. The van der Waals surface area contributed by atoms with Crippen molar-refractivity contribution >= 4 is 22.5 Å². The van der Waals surface area contributed by atoms with E-state index in [1.165, 1.54) is 6.42 Å². The van der Waals surface area contributed by atoms with Crippen molar-refractivity contribution in [1.82, 2.24) is 10.2 Å². The number of aromatic nitrogens is 2. The van der Waals surface area contributed by atoms with Crippen molar-refractivity contribution < 1.29 is 9.53 Å². The van der Waals surface area contributed by atoms with Gasteiger partial charge < -0.3 is 10.1 Å². The molecule has 1 aliphatic carbocycles. The summed E-state index contributed by atoms with van der Waals surface area (Å²) in [4.78, 5) is 11.9. The Bertz CT molecular complexity index is 644. The predicted octanol–water partition coefficient (Wildman–Crippen LogP) is 2.77. The number of fused-ring (bicyclic) bond motifs is 1. The van der Waals surface area contributed by atoms with Crippen molar-refractivity contribution in [2.45, 2.75) is 38.7 Å². The summed E-state index contributed by atoms with van der Waals surface area (Å²) in [7, 11) is 0. The van der Waals surface area contributed by atoms with Crippen molar-refractivity contribution in [3.8, 4) is 0 Å². The smallest absolute Gasteiger partial charge is 0.250 e. The Hall–Kier alpha value is -1.88. The molecule has 5 nitrogen and oxygen atoms in total. The molecule has 20 heavy (non-hydrogen) atoms. The van der Waals surface area contributed by atoms with Gasteiger partial charge in [-0.25, -0.2) is 0 Å². The Labute approximate surface area is 117 Å². The molecule has 106 valence electrons. The molecule has 1 aromatic carbocycles. The molecule has 3 rings (SSSR count). The molecule has 0 bridgehead atoms. The number of aromatic amines is 1. The number of rotatable bonds is 4. The van der Waals surface area contributed by atoms with Crippen LogP contribution in [-0.2, 0) is 9.53 Å². The molecule has 1 aliphatic rings. The van der Waals surface area contributed by atoms with Crippen LogP contribution in [0.1, 0.15) is 31.9 Å². The maximum Gasteiger partial charge on any atom is 0.250 e. The van der Waals surface area contributed by atoms with E-state index in [-0.39, 0.29) is 18.1 Å². The van der Waals surface area contributed by atoms with Crippen molar-refractivity contribution in [2.24, 2.45) is 0 Å². The average molecular weight is 273 g/mol. The summed E-state index contributed by atoms with van der Waals surface area (Å²) in [6.45, 7) is 4.13. The number of benzene rings is 1. The Morgan fingerprint density at radius 3 is 3.00 bits per heavy atom. The van der Waals surface area contributed by atoms with Gasteiger partial charge in [-0.05, 0) is 51.3 Å². The fraction of sp³-hybridized carbons (Fsp3) is 0.467. The lowest BCUT2D eigenvalue weighted by atomic mass is 9.82. The third kappa shape index (κ3) is 2.54. The highest BCUT2D eigenvalue weighted by Gasteiger charge is 2.33. The second-order valence-electron chi connectivity index (χ2n) is 5.72. The van der Waals surface area contributed by atoms with Crippen molar-refractivity contribution in [2.75, 3.05) is 11.9 Å². The Morgan fingerprint density at radius 2 is 2.30 bits per heavy atom. The number of nitrogens with one attached hydrogen (secondary N) is 2. The molecule has 1 fully saturated rings. The normalized spacial score (nSPS) is 16.9. The van der Waals surface area contributed by atoms with Crippen LogP contribution in [-0.4, -0.2) is 28.3 Å². The first-order valence-corrected chi connectivity index (χ1v) is 6.94. The van der Waals surface area contributed by atoms with Crippen molar-refractivity contribution in [3.63, 3.8) is 0 Å². The zero-order valence-corrected chi connectivity index (χ0v) is 11.8. The molecule has 1 saturated carbocycles. The highest BCUT2D eigenvalue weighted by molar-refractivity contribution is 5.94. The van der Waals surface area contributed by atoms with Gasteiger partial charge >= 0.3 is 0 Å². The molecule has 0 atom stereocenters. The van der Waals surface area contributed by atoms with Crippen LogP contribution >= 0.6 is 0 Å². The van der Waals surface area contributed by atoms with Crippen LogP contribution < -0.4 is 5.32 Å². The van der Waals surface area contributed by atoms with E-state index in [2.05, 4.69) is 22.4 Å². The largest absolute Gasteiger partial charge is 0.365 e. The van der Waals surface area contributed by atoms with Gasteiger partial charge in [-0.15, -0.1) is 0 Å². The molecule has 2 aromatic rings. The molecular formula is C15H19N3O2. The SMILES string of the molecule is Cc1[nH]nc2ccc(NC(=O)COC3(C)CCC3)cc12. The molecule has 5 heteroatoms. The summed E-state index contributed by atoms with van der Waals surface area (Å²) in [6.07, 6.45) is 3.27. The Kier molecular flexibility index (Phi) is 3.22. The average Bonchev–Trinajstić information content (AvgIpc) is 2.76. The second-order valence-corrected chi connectivity index (χ2v) is 5.72. The Morgan fingerprint density at radius 1 is 1.50 bits per heavy atom. The van der Waals surface area contributed by atoms with Crippen molar-refractivity contribution in [1.29, 1.82) is 0 Å². The van der Waals surface area contributed by atoms with Crippen LogP contribution in [0.2, 0.25) is 0 Å². The van der Waals surface area contributed by atoms with Gasteiger partial charge in [0.05, 0.1) is 11.1 Å². The fourth-order valence-corrected chi connectivity index (χ4v) is 2.47. The maximum absolute atomic E-state index is 11.9. The minimum atomic E-state index is -0.112. The maximum atomic E-state index is 11.9. The summed E-state index contributed by atoms with van der Waals surface area (Å²) in [5.41, 5.74) is 2.57. The minimum absolute atomic E-state index is 0.0948. The number of ether oxygens (including phenoxy) is 1. The quantitative estimate of drug-likeness (QED) is 0.900.